The SMILES string of the molecule is IC1C=CC=CN=C1. The maximum atomic E-state index is 3.98. The van der Waals surface area contributed by atoms with Gasteiger partial charge in [-0.15, -0.1) is 0 Å². The van der Waals surface area contributed by atoms with Crippen LogP contribution in [0, 0.1) is 0 Å². The molecule has 0 saturated heterocycles. The van der Waals surface area contributed by atoms with E-state index in [0.717, 1.165) is 0 Å². The average Bonchev–Trinajstić information content (AvgIpc) is 1.94. The van der Waals surface area contributed by atoms with Crippen LogP contribution < -0.4 is 0 Å². The highest BCUT2D eigenvalue weighted by molar-refractivity contribution is 14.1. The topological polar surface area (TPSA) is 12.4 Å². The highest BCUT2D eigenvalue weighted by Crippen LogP contribution is 2.01. The van der Waals surface area contributed by atoms with Gasteiger partial charge in [0, 0.05) is 12.4 Å². The first-order valence-corrected chi connectivity index (χ1v) is 3.65. The monoisotopic (exact) mass is 219 g/mol. The van der Waals surface area contributed by atoms with Gasteiger partial charge in [0.15, 0.2) is 0 Å². The minimum absolute atomic E-state index is 0.461. The zero-order valence-corrected chi connectivity index (χ0v) is 6.45. The molecule has 0 amide bonds. The number of hydrogen-bond acceptors (Lipinski definition) is 1. The number of halogens is 1. The molecular formula is C6H6IN. The van der Waals surface area contributed by atoms with Crippen molar-refractivity contribution in [2.24, 2.45) is 4.99 Å². The molecule has 0 aliphatic carbocycles. The van der Waals surface area contributed by atoms with Gasteiger partial charge in [-0.25, -0.2) is 0 Å². The van der Waals surface area contributed by atoms with E-state index >= 15 is 0 Å². The van der Waals surface area contributed by atoms with Gasteiger partial charge >= 0.3 is 0 Å². The second-order valence-electron chi connectivity index (χ2n) is 1.47. The second-order valence-corrected chi connectivity index (χ2v) is 2.91. The Hall–Kier alpha value is -0.120. The molecule has 1 heterocycles. The molecule has 1 nitrogen and oxygen atoms in total. The van der Waals surface area contributed by atoms with Crippen LogP contribution in [0.2, 0.25) is 0 Å². The molecule has 0 radical (unpaired) electrons. The van der Waals surface area contributed by atoms with Gasteiger partial charge < -0.3 is 0 Å². The number of nitrogens with zero attached hydrogens (tertiary/aromatic N) is 1. The summed E-state index contributed by atoms with van der Waals surface area (Å²) in [6.07, 6.45) is 9.71. The molecule has 0 spiro atoms. The smallest absolute Gasteiger partial charge is 0.0645 e. The summed E-state index contributed by atoms with van der Waals surface area (Å²) in [7, 11) is 0. The summed E-state index contributed by atoms with van der Waals surface area (Å²) >= 11 is 2.31. The minimum atomic E-state index is 0.461. The lowest BCUT2D eigenvalue weighted by molar-refractivity contribution is 1.55. The minimum Gasteiger partial charge on any atom is -0.268 e. The molecule has 0 bridgehead atoms. The quantitative estimate of drug-likeness (QED) is 0.436. The fourth-order valence-corrected chi connectivity index (χ4v) is 0.877. The van der Waals surface area contributed by atoms with Crippen molar-refractivity contribution in [3.8, 4) is 0 Å². The lowest BCUT2D eigenvalue weighted by Gasteiger charge is -1.86. The van der Waals surface area contributed by atoms with Crippen molar-refractivity contribution in [1.82, 2.24) is 0 Å². The maximum Gasteiger partial charge on any atom is 0.0645 e. The predicted octanol–water partition coefficient (Wildman–Crippen LogP) is 1.94. The van der Waals surface area contributed by atoms with Gasteiger partial charge in [0.2, 0.25) is 0 Å². The van der Waals surface area contributed by atoms with Crippen LogP contribution in [0.4, 0.5) is 0 Å². The first-order valence-electron chi connectivity index (χ1n) is 2.40. The van der Waals surface area contributed by atoms with Crippen LogP contribution in [-0.2, 0) is 0 Å². The fraction of sp³-hybridized carbons (Fsp3) is 0.167. The molecule has 0 aromatic heterocycles. The lowest BCUT2D eigenvalue weighted by atomic mass is 10.4. The molecular weight excluding hydrogens is 213 g/mol. The van der Waals surface area contributed by atoms with Crippen molar-refractivity contribution in [2.75, 3.05) is 0 Å². The van der Waals surface area contributed by atoms with Crippen LogP contribution in [0.15, 0.2) is 29.4 Å². The van der Waals surface area contributed by atoms with Crippen LogP contribution in [0.5, 0.6) is 0 Å². The Morgan fingerprint density at radius 1 is 1.38 bits per heavy atom. The molecule has 0 N–H and O–H groups in total. The summed E-state index contributed by atoms with van der Waals surface area (Å²) in [5, 5.41) is 0. The van der Waals surface area contributed by atoms with E-state index in [1.807, 2.05) is 18.4 Å². The van der Waals surface area contributed by atoms with Crippen molar-refractivity contribution in [3.63, 3.8) is 0 Å². The van der Waals surface area contributed by atoms with Crippen molar-refractivity contribution in [3.05, 3.63) is 24.4 Å². The van der Waals surface area contributed by atoms with E-state index in [0.29, 0.717) is 3.92 Å². The van der Waals surface area contributed by atoms with Gasteiger partial charge in [-0.2, -0.15) is 0 Å². The second kappa shape index (κ2) is 3.02. The molecule has 42 valence electrons. The summed E-state index contributed by atoms with van der Waals surface area (Å²) in [5.74, 6) is 0. The number of allylic oxidation sites excluding steroid dienone is 3. The van der Waals surface area contributed by atoms with Crippen LogP contribution in [0.3, 0.4) is 0 Å². The molecule has 0 fully saturated rings. The fourth-order valence-electron chi connectivity index (χ4n) is 0.451. The van der Waals surface area contributed by atoms with Gasteiger partial charge in [-0.3, -0.25) is 4.99 Å². The van der Waals surface area contributed by atoms with Gasteiger partial charge in [-0.1, -0.05) is 34.7 Å². The molecule has 1 atom stereocenters. The van der Waals surface area contributed by atoms with Gasteiger partial charge in [0.25, 0.3) is 0 Å². The molecule has 1 unspecified atom stereocenters. The van der Waals surface area contributed by atoms with Crippen molar-refractivity contribution in [1.29, 1.82) is 0 Å². The Balaban J connectivity index is 2.66. The first kappa shape index (κ1) is 6.01. The zero-order chi connectivity index (χ0) is 5.82. The molecule has 1 aliphatic heterocycles. The van der Waals surface area contributed by atoms with Gasteiger partial charge in [-0.05, 0) is 6.08 Å². The third kappa shape index (κ3) is 1.78. The third-order valence-corrected chi connectivity index (χ3v) is 1.54. The highest BCUT2D eigenvalue weighted by atomic mass is 127. The van der Waals surface area contributed by atoms with E-state index in [2.05, 4.69) is 33.7 Å². The Kier molecular flexibility index (Phi) is 2.27. The summed E-state index contributed by atoms with van der Waals surface area (Å²) < 4.78 is 0.461. The van der Waals surface area contributed by atoms with E-state index in [9.17, 15) is 0 Å². The first-order chi connectivity index (χ1) is 3.89. The van der Waals surface area contributed by atoms with Crippen molar-refractivity contribution < 1.29 is 0 Å². The van der Waals surface area contributed by atoms with Gasteiger partial charge in [0.05, 0.1) is 3.92 Å². The summed E-state index contributed by atoms with van der Waals surface area (Å²) in [5.41, 5.74) is 0. The Labute approximate surface area is 62.3 Å². The number of aliphatic imine (C=N–C) groups is 1. The number of hydrogen-bond donors (Lipinski definition) is 0. The standard InChI is InChI=1S/C6H6IN/c7-6-3-1-2-4-8-5-6/h1-6H. The van der Waals surface area contributed by atoms with Crippen molar-refractivity contribution >= 4 is 28.8 Å². The number of alkyl halides is 1. The summed E-state index contributed by atoms with van der Waals surface area (Å²) in [4.78, 5) is 3.98. The van der Waals surface area contributed by atoms with Crippen LogP contribution >= 0.6 is 22.6 Å². The maximum absolute atomic E-state index is 3.98. The normalized spacial score (nSPS) is 25.9. The van der Waals surface area contributed by atoms with E-state index in [4.69, 9.17) is 0 Å². The zero-order valence-electron chi connectivity index (χ0n) is 4.29. The molecule has 1 rings (SSSR count). The van der Waals surface area contributed by atoms with Crippen LogP contribution in [0.1, 0.15) is 0 Å². The van der Waals surface area contributed by atoms with E-state index in [1.165, 1.54) is 0 Å². The molecule has 0 aromatic rings. The Morgan fingerprint density at radius 3 is 3.12 bits per heavy atom. The molecule has 0 aromatic carbocycles. The Bertz CT molecular complexity index is 131. The number of rotatable bonds is 0. The molecule has 8 heavy (non-hydrogen) atoms. The third-order valence-electron chi connectivity index (χ3n) is 0.807. The largest absolute Gasteiger partial charge is 0.268 e. The van der Waals surface area contributed by atoms with E-state index < -0.39 is 0 Å². The molecule has 0 saturated carbocycles. The van der Waals surface area contributed by atoms with E-state index in [-0.39, 0.29) is 0 Å². The highest BCUT2D eigenvalue weighted by Gasteiger charge is 1.90. The van der Waals surface area contributed by atoms with Crippen LogP contribution in [0.25, 0.3) is 0 Å². The lowest BCUT2D eigenvalue weighted by Crippen LogP contribution is -1.89. The predicted molar refractivity (Wildman–Crippen MR) is 44.6 cm³/mol. The van der Waals surface area contributed by atoms with Crippen molar-refractivity contribution in [2.45, 2.75) is 3.92 Å². The van der Waals surface area contributed by atoms with E-state index in [1.54, 1.807) is 6.20 Å². The van der Waals surface area contributed by atoms with Gasteiger partial charge in [0.1, 0.15) is 0 Å². The van der Waals surface area contributed by atoms with Crippen LogP contribution in [-0.4, -0.2) is 10.1 Å². The Morgan fingerprint density at radius 2 is 2.25 bits per heavy atom. The average molecular weight is 219 g/mol. The summed E-state index contributed by atoms with van der Waals surface area (Å²) in [6, 6.07) is 0. The summed E-state index contributed by atoms with van der Waals surface area (Å²) in [6.45, 7) is 0. The molecule has 2 heteroatoms. The molecule has 1 aliphatic rings.